The van der Waals surface area contributed by atoms with E-state index in [0.717, 1.165) is 25.9 Å². The second kappa shape index (κ2) is 7.28. The predicted molar refractivity (Wildman–Crippen MR) is 79.1 cm³/mol. The summed E-state index contributed by atoms with van der Waals surface area (Å²) in [4.78, 5) is 14.9. The first-order chi connectivity index (χ1) is 9.18. The van der Waals surface area contributed by atoms with Crippen molar-refractivity contribution in [1.29, 1.82) is 0 Å². The summed E-state index contributed by atoms with van der Waals surface area (Å²) in [5, 5.41) is 3.52. The van der Waals surface area contributed by atoms with Crippen LogP contribution in [-0.2, 0) is 4.79 Å². The average molecular weight is 266 g/mol. The fourth-order valence-electron chi connectivity index (χ4n) is 3.47. The summed E-state index contributed by atoms with van der Waals surface area (Å²) in [5.74, 6) is 0.719. The first-order valence-corrected chi connectivity index (χ1v) is 8.22. The van der Waals surface area contributed by atoms with Crippen molar-refractivity contribution in [1.82, 2.24) is 10.2 Å². The van der Waals surface area contributed by atoms with Gasteiger partial charge in [0.15, 0.2) is 0 Å². The highest BCUT2D eigenvalue weighted by Crippen LogP contribution is 2.25. The van der Waals surface area contributed by atoms with Crippen molar-refractivity contribution in [3.63, 3.8) is 0 Å². The molecular formula is C16H30N2O. The van der Waals surface area contributed by atoms with E-state index in [-0.39, 0.29) is 0 Å². The van der Waals surface area contributed by atoms with Crippen LogP contribution in [0.25, 0.3) is 0 Å². The zero-order valence-electron chi connectivity index (χ0n) is 12.7. The van der Waals surface area contributed by atoms with E-state index in [9.17, 15) is 4.79 Å². The lowest BCUT2D eigenvalue weighted by Crippen LogP contribution is -2.47. The maximum absolute atomic E-state index is 12.8. The van der Waals surface area contributed by atoms with E-state index in [1.807, 2.05) is 0 Å². The highest BCUT2D eigenvalue weighted by atomic mass is 16.2. The van der Waals surface area contributed by atoms with E-state index in [1.54, 1.807) is 0 Å². The normalized spacial score (nSPS) is 25.5. The number of hydrogen-bond donors (Lipinski definition) is 1. The molecule has 19 heavy (non-hydrogen) atoms. The standard InChI is InChI=1S/C16H30N2O/c1-13(2)18(12-15-10-7-11-17-15)16(19)14-8-5-3-4-6-9-14/h13-15,17H,3-12H2,1-2H3. The monoisotopic (exact) mass is 266 g/mol. The second-order valence-corrected chi connectivity index (χ2v) is 6.57. The summed E-state index contributed by atoms with van der Waals surface area (Å²) in [6.45, 7) is 6.34. The third kappa shape index (κ3) is 4.20. The molecule has 110 valence electrons. The molecule has 0 radical (unpaired) electrons. The minimum atomic E-state index is 0.298. The molecule has 1 aliphatic carbocycles. The van der Waals surface area contributed by atoms with Crippen molar-refractivity contribution in [3.05, 3.63) is 0 Å². The molecule has 2 fully saturated rings. The molecule has 3 heteroatoms. The average Bonchev–Trinajstić information content (AvgIpc) is 2.74. The quantitative estimate of drug-likeness (QED) is 0.794. The smallest absolute Gasteiger partial charge is 0.225 e. The SMILES string of the molecule is CC(C)N(CC1CCCN1)C(=O)C1CCCCCC1. The molecule has 1 heterocycles. The summed E-state index contributed by atoms with van der Waals surface area (Å²) in [7, 11) is 0. The second-order valence-electron chi connectivity index (χ2n) is 6.57. The highest BCUT2D eigenvalue weighted by Gasteiger charge is 2.29. The maximum Gasteiger partial charge on any atom is 0.225 e. The van der Waals surface area contributed by atoms with Crippen LogP contribution in [0.15, 0.2) is 0 Å². The van der Waals surface area contributed by atoms with Crippen molar-refractivity contribution >= 4 is 5.91 Å². The van der Waals surface area contributed by atoms with Gasteiger partial charge in [0.1, 0.15) is 0 Å². The molecule has 2 rings (SSSR count). The van der Waals surface area contributed by atoms with Crippen LogP contribution in [0.5, 0.6) is 0 Å². The van der Waals surface area contributed by atoms with Crippen LogP contribution in [0.4, 0.5) is 0 Å². The molecule has 0 bridgehead atoms. The van der Waals surface area contributed by atoms with Gasteiger partial charge in [0, 0.05) is 24.5 Å². The molecule has 0 aromatic carbocycles. The fraction of sp³-hybridized carbons (Fsp3) is 0.938. The zero-order valence-corrected chi connectivity index (χ0v) is 12.7. The topological polar surface area (TPSA) is 32.3 Å². The van der Waals surface area contributed by atoms with Gasteiger partial charge >= 0.3 is 0 Å². The Morgan fingerprint density at radius 1 is 1.11 bits per heavy atom. The summed E-state index contributed by atoms with van der Waals surface area (Å²) >= 11 is 0. The van der Waals surface area contributed by atoms with Gasteiger partial charge in [-0.3, -0.25) is 4.79 Å². The number of amides is 1. The van der Waals surface area contributed by atoms with Crippen molar-refractivity contribution in [2.75, 3.05) is 13.1 Å². The molecule has 3 nitrogen and oxygen atoms in total. The Hall–Kier alpha value is -0.570. The van der Waals surface area contributed by atoms with Crippen LogP contribution in [0.1, 0.15) is 65.2 Å². The molecule has 1 N–H and O–H groups in total. The minimum absolute atomic E-state index is 0.298. The third-order valence-corrected chi connectivity index (χ3v) is 4.69. The summed E-state index contributed by atoms with van der Waals surface area (Å²) in [5.41, 5.74) is 0. The highest BCUT2D eigenvalue weighted by molar-refractivity contribution is 5.79. The number of carbonyl (C=O) groups is 1. The van der Waals surface area contributed by atoms with E-state index in [0.29, 0.717) is 23.9 Å². The van der Waals surface area contributed by atoms with Crippen LogP contribution < -0.4 is 5.32 Å². The Bertz CT molecular complexity index is 276. The van der Waals surface area contributed by atoms with Crippen LogP contribution in [0.2, 0.25) is 0 Å². The maximum atomic E-state index is 12.8. The molecule has 0 spiro atoms. The fourth-order valence-corrected chi connectivity index (χ4v) is 3.47. The Labute approximate surface area is 118 Å². The Morgan fingerprint density at radius 2 is 1.79 bits per heavy atom. The zero-order chi connectivity index (χ0) is 13.7. The molecule has 1 saturated heterocycles. The summed E-state index contributed by atoms with van der Waals surface area (Å²) in [6, 6.07) is 0.857. The lowest BCUT2D eigenvalue weighted by Gasteiger charge is -2.32. The molecule has 1 aliphatic heterocycles. The van der Waals surface area contributed by atoms with Crippen molar-refractivity contribution in [3.8, 4) is 0 Å². The third-order valence-electron chi connectivity index (χ3n) is 4.69. The summed E-state index contributed by atoms with van der Waals surface area (Å²) < 4.78 is 0. The van der Waals surface area contributed by atoms with E-state index >= 15 is 0 Å². The number of rotatable bonds is 4. The van der Waals surface area contributed by atoms with E-state index in [2.05, 4.69) is 24.1 Å². The van der Waals surface area contributed by atoms with Gasteiger partial charge in [0.25, 0.3) is 0 Å². The van der Waals surface area contributed by atoms with Gasteiger partial charge in [-0.1, -0.05) is 25.7 Å². The molecule has 1 unspecified atom stereocenters. The van der Waals surface area contributed by atoms with Gasteiger partial charge in [-0.05, 0) is 46.1 Å². The largest absolute Gasteiger partial charge is 0.338 e. The summed E-state index contributed by atoms with van der Waals surface area (Å²) in [6.07, 6.45) is 9.81. The Morgan fingerprint density at radius 3 is 2.32 bits per heavy atom. The van der Waals surface area contributed by atoms with Crippen LogP contribution in [0.3, 0.4) is 0 Å². The van der Waals surface area contributed by atoms with Crippen molar-refractivity contribution < 1.29 is 4.79 Å². The van der Waals surface area contributed by atoms with Gasteiger partial charge < -0.3 is 10.2 Å². The lowest BCUT2D eigenvalue weighted by atomic mass is 9.97. The van der Waals surface area contributed by atoms with Crippen molar-refractivity contribution in [2.45, 2.75) is 77.3 Å². The van der Waals surface area contributed by atoms with Crippen LogP contribution >= 0.6 is 0 Å². The van der Waals surface area contributed by atoms with E-state index in [4.69, 9.17) is 0 Å². The Balaban J connectivity index is 1.94. The number of nitrogens with one attached hydrogen (secondary N) is 1. The first kappa shape index (κ1) is 14.8. The first-order valence-electron chi connectivity index (χ1n) is 8.22. The molecule has 1 saturated carbocycles. The number of carbonyl (C=O) groups excluding carboxylic acids is 1. The number of hydrogen-bond acceptors (Lipinski definition) is 2. The lowest BCUT2D eigenvalue weighted by molar-refractivity contribution is -0.138. The van der Waals surface area contributed by atoms with Gasteiger partial charge in [-0.2, -0.15) is 0 Å². The van der Waals surface area contributed by atoms with Gasteiger partial charge in [-0.15, -0.1) is 0 Å². The molecule has 1 atom stereocenters. The van der Waals surface area contributed by atoms with Gasteiger partial charge in [0.05, 0.1) is 0 Å². The van der Waals surface area contributed by atoms with Crippen LogP contribution in [0, 0.1) is 5.92 Å². The van der Waals surface area contributed by atoms with Gasteiger partial charge in [0.2, 0.25) is 5.91 Å². The molecule has 1 amide bonds. The van der Waals surface area contributed by atoms with Crippen molar-refractivity contribution in [2.24, 2.45) is 5.92 Å². The molecule has 2 aliphatic rings. The molecule has 0 aromatic rings. The van der Waals surface area contributed by atoms with Gasteiger partial charge in [-0.25, -0.2) is 0 Å². The Kier molecular flexibility index (Phi) is 5.68. The molecule has 0 aromatic heterocycles. The number of nitrogens with zero attached hydrogens (tertiary/aromatic N) is 1. The van der Waals surface area contributed by atoms with E-state index < -0.39 is 0 Å². The predicted octanol–water partition coefficient (Wildman–Crippen LogP) is 2.95. The minimum Gasteiger partial charge on any atom is -0.338 e. The molecular weight excluding hydrogens is 236 g/mol. The van der Waals surface area contributed by atoms with Crippen LogP contribution in [-0.4, -0.2) is 36.0 Å². The van der Waals surface area contributed by atoms with E-state index in [1.165, 1.54) is 38.5 Å².